The highest BCUT2D eigenvalue weighted by Gasteiger charge is 2.10. The van der Waals surface area contributed by atoms with Crippen LogP contribution in [0.15, 0.2) is 18.2 Å². The van der Waals surface area contributed by atoms with E-state index < -0.39 is 0 Å². The smallest absolute Gasteiger partial charge is 0.108 e. The first kappa shape index (κ1) is 11.8. The molecule has 1 heterocycles. The Labute approximate surface area is 105 Å². The first-order valence-corrected chi connectivity index (χ1v) is 6.43. The molecule has 1 N–H and O–H groups in total. The molecule has 2 aromatic rings. The van der Waals surface area contributed by atoms with Crippen molar-refractivity contribution in [1.82, 2.24) is 10.3 Å². The molecular formula is C12H15ClN2S. The van der Waals surface area contributed by atoms with Crippen molar-refractivity contribution in [2.45, 2.75) is 32.9 Å². The van der Waals surface area contributed by atoms with Crippen molar-refractivity contribution in [3.8, 4) is 0 Å². The van der Waals surface area contributed by atoms with Gasteiger partial charge in [-0.05, 0) is 39.0 Å². The third kappa shape index (κ3) is 2.94. The van der Waals surface area contributed by atoms with E-state index in [1.54, 1.807) is 11.3 Å². The molecule has 0 aliphatic carbocycles. The molecule has 0 aliphatic rings. The lowest BCUT2D eigenvalue weighted by molar-refractivity contribution is 0.424. The third-order valence-electron chi connectivity index (χ3n) is 2.16. The molecule has 0 saturated heterocycles. The molecule has 0 unspecified atom stereocenters. The molecule has 2 rings (SSSR count). The summed E-state index contributed by atoms with van der Waals surface area (Å²) in [6.45, 7) is 7.26. The van der Waals surface area contributed by atoms with Gasteiger partial charge in [0, 0.05) is 17.1 Å². The molecule has 4 heteroatoms. The maximum Gasteiger partial charge on any atom is 0.108 e. The minimum atomic E-state index is 0.121. The Morgan fingerprint density at radius 2 is 2.12 bits per heavy atom. The fourth-order valence-corrected chi connectivity index (χ4v) is 2.55. The van der Waals surface area contributed by atoms with Crippen LogP contribution in [-0.2, 0) is 6.54 Å². The standard InChI is InChI=1S/C12H15ClN2S/c1-12(2,3)14-7-11-15-9-5-4-8(13)6-10(9)16-11/h4-6,14H,7H2,1-3H3. The van der Waals surface area contributed by atoms with Crippen LogP contribution in [0.3, 0.4) is 0 Å². The fourth-order valence-electron chi connectivity index (χ4n) is 1.36. The van der Waals surface area contributed by atoms with Crippen molar-refractivity contribution in [3.63, 3.8) is 0 Å². The number of benzene rings is 1. The molecule has 0 fully saturated rings. The summed E-state index contributed by atoms with van der Waals surface area (Å²) < 4.78 is 1.15. The Bertz CT molecular complexity index is 499. The summed E-state index contributed by atoms with van der Waals surface area (Å²) in [6.07, 6.45) is 0. The largest absolute Gasteiger partial charge is 0.306 e. The van der Waals surface area contributed by atoms with Crippen LogP contribution in [0.1, 0.15) is 25.8 Å². The molecule has 0 atom stereocenters. The summed E-state index contributed by atoms with van der Waals surface area (Å²) in [5.41, 5.74) is 1.15. The normalized spacial score (nSPS) is 12.2. The summed E-state index contributed by atoms with van der Waals surface area (Å²) in [4.78, 5) is 4.55. The number of rotatable bonds is 2. The Kier molecular flexibility index (Phi) is 3.19. The molecule has 16 heavy (non-hydrogen) atoms. The van der Waals surface area contributed by atoms with Crippen LogP contribution in [0.5, 0.6) is 0 Å². The maximum absolute atomic E-state index is 5.94. The highest BCUT2D eigenvalue weighted by atomic mass is 35.5. The van der Waals surface area contributed by atoms with Crippen molar-refractivity contribution in [1.29, 1.82) is 0 Å². The quantitative estimate of drug-likeness (QED) is 0.881. The molecule has 2 nitrogen and oxygen atoms in total. The van der Waals surface area contributed by atoms with E-state index in [1.807, 2.05) is 18.2 Å². The van der Waals surface area contributed by atoms with E-state index >= 15 is 0 Å². The molecule has 0 amide bonds. The zero-order valence-electron chi connectivity index (χ0n) is 9.67. The van der Waals surface area contributed by atoms with E-state index in [1.165, 1.54) is 0 Å². The summed E-state index contributed by atoms with van der Waals surface area (Å²) >= 11 is 7.63. The zero-order chi connectivity index (χ0) is 11.8. The molecule has 1 aromatic carbocycles. The lowest BCUT2D eigenvalue weighted by Gasteiger charge is -2.19. The number of nitrogens with one attached hydrogen (secondary N) is 1. The molecule has 0 bridgehead atoms. The van der Waals surface area contributed by atoms with Gasteiger partial charge in [-0.15, -0.1) is 11.3 Å². The lowest BCUT2D eigenvalue weighted by Crippen LogP contribution is -2.34. The van der Waals surface area contributed by atoms with Crippen LogP contribution in [0.4, 0.5) is 0 Å². The van der Waals surface area contributed by atoms with Crippen molar-refractivity contribution in [3.05, 3.63) is 28.2 Å². The van der Waals surface area contributed by atoms with Gasteiger partial charge in [0.2, 0.25) is 0 Å². The number of hydrogen-bond donors (Lipinski definition) is 1. The summed E-state index contributed by atoms with van der Waals surface area (Å²) in [5.74, 6) is 0. The van der Waals surface area contributed by atoms with Gasteiger partial charge >= 0.3 is 0 Å². The van der Waals surface area contributed by atoms with E-state index in [9.17, 15) is 0 Å². The van der Waals surface area contributed by atoms with Crippen molar-refractivity contribution in [2.75, 3.05) is 0 Å². The SMILES string of the molecule is CC(C)(C)NCc1nc2ccc(Cl)cc2s1. The van der Waals surface area contributed by atoms with Gasteiger partial charge in [-0.25, -0.2) is 4.98 Å². The average molecular weight is 255 g/mol. The van der Waals surface area contributed by atoms with Gasteiger partial charge in [0.1, 0.15) is 5.01 Å². The first-order valence-electron chi connectivity index (χ1n) is 5.24. The third-order valence-corrected chi connectivity index (χ3v) is 3.42. The molecule has 0 saturated carbocycles. The second-order valence-corrected chi connectivity index (χ2v) is 6.37. The average Bonchev–Trinajstić information content (AvgIpc) is 2.55. The van der Waals surface area contributed by atoms with Crippen LogP contribution >= 0.6 is 22.9 Å². The molecular weight excluding hydrogens is 240 g/mol. The van der Waals surface area contributed by atoms with E-state index in [0.29, 0.717) is 0 Å². The maximum atomic E-state index is 5.94. The van der Waals surface area contributed by atoms with E-state index in [-0.39, 0.29) is 5.54 Å². The van der Waals surface area contributed by atoms with Gasteiger partial charge in [-0.1, -0.05) is 11.6 Å². The van der Waals surface area contributed by atoms with Crippen LogP contribution in [0, 0.1) is 0 Å². The summed E-state index contributed by atoms with van der Waals surface area (Å²) in [7, 11) is 0. The van der Waals surface area contributed by atoms with Crippen molar-refractivity contribution < 1.29 is 0 Å². The molecule has 0 radical (unpaired) electrons. The van der Waals surface area contributed by atoms with Gasteiger partial charge in [-0.2, -0.15) is 0 Å². The number of nitrogens with zero attached hydrogens (tertiary/aromatic N) is 1. The van der Waals surface area contributed by atoms with E-state index in [2.05, 4.69) is 31.1 Å². The van der Waals surface area contributed by atoms with Gasteiger partial charge in [-0.3, -0.25) is 0 Å². The topological polar surface area (TPSA) is 24.9 Å². The summed E-state index contributed by atoms with van der Waals surface area (Å²) in [6, 6.07) is 5.81. The highest BCUT2D eigenvalue weighted by Crippen LogP contribution is 2.25. The number of fused-ring (bicyclic) bond motifs is 1. The number of thiazole rings is 1. The number of hydrogen-bond acceptors (Lipinski definition) is 3. The Morgan fingerprint density at radius 1 is 1.38 bits per heavy atom. The molecule has 0 aliphatic heterocycles. The Hall–Kier alpha value is -0.640. The zero-order valence-corrected chi connectivity index (χ0v) is 11.2. The fraction of sp³-hybridized carbons (Fsp3) is 0.417. The van der Waals surface area contributed by atoms with Gasteiger partial charge in [0.15, 0.2) is 0 Å². The van der Waals surface area contributed by atoms with Crippen LogP contribution < -0.4 is 5.32 Å². The van der Waals surface area contributed by atoms with Crippen LogP contribution in [0.25, 0.3) is 10.2 Å². The Balaban J connectivity index is 2.20. The van der Waals surface area contributed by atoms with Crippen LogP contribution in [-0.4, -0.2) is 10.5 Å². The number of aromatic nitrogens is 1. The minimum Gasteiger partial charge on any atom is -0.306 e. The monoisotopic (exact) mass is 254 g/mol. The predicted octanol–water partition coefficient (Wildman–Crippen LogP) is 3.84. The van der Waals surface area contributed by atoms with Gasteiger partial charge in [0.05, 0.1) is 10.2 Å². The minimum absolute atomic E-state index is 0.121. The van der Waals surface area contributed by atoms with Gasteiger partial charge < -0.3 is 5.32 Å². The number of halogens is 1. The molecule has 1 aromatic heterocycles. The molecule has 86 valence electrons. The summed E-state index contributed by atoms with van der Waals surface area (Å²) in [5, 5.41) is 5.30. The first-order chi connectivity index (χ1) is 7.44. The Morgan fingerprint density at radius 3 is 2.81 bits per heavy atom. The predicted molar refractivity (Wildman–Crippen MR) is 71.2 cm³/mol. The lowest BCUT2D eigenvalue weighted by atomic mass is 10.1. The second-order valence-electron chi connectivity index (χ2n) is 4.82. The highest BCUT2D eigenvalue weighted by molar-refractivity contribution is 7.18. The van der Waals surface area contributed by atoms with Crippen LogP contribution in [0.2, 0.25) is 5.02 Å². The van der Waals surface area contributed by atoms with Gasteiger partial charge in [0.25, 0.3) is 0 Å². The van der Waals surface area contributed by atoms with Crippen molar-refractivity contribution in [2.24, 2.45) is 0 Å². The van der Waals surface area contributed by atoms with Crippen molar-refractivity contribution >= 4 is 33.2 Å². The van der Waals surface area contributed by atoms with E-state index in [4.69, 9.17) is 11.6 Å². The molecule has 0 spiro atoms. The van der Waals surface area contributed by atoms with E-state index in [0.717, 1.165) is 26.8 Å². The second kappa shape index (κ2) is 4.32.